The van der Waals surface area contributed by atoms with Gasteiger partial charge in [0.2, 0.25) is 0 Å². The van der Waals surface area contributed by atoms with E-state index >= 15 is 0 Å². The number of allylic oxidation sites excluding steroid dienone is 3. The average Bonchev–Trinajstić information content (AvgIpc) is 2.34. The van der Waals surface area contributed by atoms with E-state index in [1.54, 1.807) is 13.0 Å². The van der Waals surface area contributed by atoms with Crippen molar-refractivity contribution >= 4 is 11.9 Å². The minimum absolute atomic E-state index is 0.0193. The van der Waals surface area contributed by atoms with Crippen molar-refractivity contribution in [3.63, 3.8) is 0 Å². The Hall–Kier alpha value is -1.85. The highest BCUT2D eigenvalue weighted by atomic mass is 16.1. The lowest BCUT2D eigenvalue weighted by Gasteiger charge is -1.93. The molecule has 0 unspecified atom stereocenters. The number of carbonyl (C=O) groups excluding carboxylic acids is 1. The van der Waals surface area contributed by atoms with Crippen molar-refractivity contribution in [1.29, 1.82) is 0 Å². The van der Waals surface area contributed by atoms with Gasteiger partial charge in [0.05, 0.1) is 0 Å². The number of ketones is 1. The molecule has 88 valence electrons. The Labute approximate surface area is 103 Å². The van der Waals surface area contributed by atoms with E-state index in [1.165, 1.54) is 0 Å². The van der Waals surface area contributed by atoms with Crippen LogP contribution in [0.3, 0.4) is 0 Å². The molecule has 1 aromatic rings. The van der Waals surface area contributed by atoms with Crippen LogP contribution in [0.25, 0.3) is 6.08 Å². The Balaban J connectivity index is 2.79. The largest absolute Gasteiger partial charge is 0.289 e. The first-order valence-electron chi connectivity index (χ1n) is 5.80. The van der Waals surface area contributed by atoms with Crippen molar-refractivity contribution in [2.45, 2.75) is 20.8 Å². The van der Waals surface area contributed by atoms with E-state index in [2.05, 4.69) is 5.73 Å². The van der Waals surface area contributed by atoms with Crippen LogP contribution in [-0.4, -0.2) is 5.78 Å². The van der Waals surface area contributed by atoms with Gasteiger partial charge in [-0.15, -0.1) is 5.73 Å². The summed E-state index contributed by atoms with van der Waals surface area (Å²) in [5, 5.41) is 0. The molecule has 0 aliphatic rings. The summed E-state index contributed by atoms with van der Waals surface area (Å²) in [5.41, 5.74) is 4.69. The molecular weight excluding hydrogens is 208 g/mol. The van der Waals surface area contributed by atoms with Crippen LogP contribution in [0.4, 0.5) is 0 Å². The molecule has 0 aliphatic carbocycles. The summed E-state index contributed by atoms with van der Waals surface area (Å²) in [7, 11) is 0. The molecule has 0 saturated carbocycles. The van der Waals surface area contributed by atoms with E-state index in [1.807, 2.05) is 56.3 Å². The van der Waals surface area contributed by atoms with E-state index in [-0.39, 0.29) is 5.78 Å². The summed E-state index contributed by atoms with van der Waals surface area (Å²) in [6.07, 6.45) is 5.35. The van der Waals surface area contributed by atoms with Gasteiger partial charge in [-0.3, -0.25) is 4.79 Å². The molecule has 0 spiro atoms. The SMILES string of the molecule is CC(=C=Cc1ccccc1)C(=O)/C=C/C(C)C. The molecule has 0 radical (unpaired) electrons. The fraction of sp³-hybridized carbons (Fsp3) is 0.250. The lowest BCUT2D eigenvalue weighted by Crippen LogP contribution is -1.93. The van der Waals surface area contributed by atoms with Crippen LogP contribution >= 0.6 is 0 Å². The second-order valence-corrected chi connectivity index (χ2v) is 4.29. The van der Waals surface area contributed by atoms with Gasteiger partial charge in [0.1, 0.15) is 0 Å². The molecule has 17 heavy (non-hydrogen) atoms. The van der Waals surface area contributed by atoms with Gasteiger partial charge >= 0.3 is 0 Å². The molecule has 0 N–H and O–H groups in total. The molecule has 1 aromatic carbocycles. The van der Waals surface area contributed by atoms with E-state index in [4.69, 9.17) is 0 Å². The van der Waals surface area contributed by atoms with Gasteiger partial charge in [-0.25, -0.2) is 0 Å². The summed E-state index contributed by atoms with van der Waals surface area (Å²) >= 11 is 0. The average molecular weight is 226 g/mol. The molecule has 0 aliphatic heterocycles. The molecule has 0 aromatic heterocycles. The summed E-state index contributed by atoms with van der Waals surface area (Å²) in [5.74, 6) is 0.413. The first kappa shape index (κ1) is 13.2. The Morgan fingerprint density at radius 2 is 1.88 bits per heavy atom. The summed E-state index contributed by atoms with van der Waals surface area (Å²) in [6, 6.07) is 9.85. The van der Waals surface area contributed by atoms with Crippen LogP contribution in [0.2, 0.25) is 0 Å². The van der Waals surface area contributed by atoms with Crippen LogP contribution in [0.5, 0.6) is 0 Å². The van der Waals surface area contributed by atoms with Crippen LogP contribution < -0.4 is 0 Å². The van der Waals surface area contributed by atoms with Crippen LogP contribution in [0.1, 0.15) is 26.3 Å². The second-order valence-electron chi connectivity index (χ2n) is 4.29. The molecule has 0 amide bonds. The lowest BCUT2D eigenvalue weighted by molar-refractivity contribution is -0.111. The highest BCUT2D eigenvalue weighted by Gasteiger charge is 1.97. The maximum absolute atomic E-state index is 11.7. The molecule has 0 bridgehead atoms. The summed E-state index contributed by atoms with van der Waals surface area (Å²) in [6.45, 7) is 5.87. The minimum Gasteiger partial charge on any atom is -0.289 e. The predicted molar refractivity (Wildman–Crippen MR) is 72.6 cm³/mol. The molecule has 0 saturated heterocycles. The Bertz CT molecular complexity index is 458. The quantitative estimate of drug-likeness (QED) is 0.559. The third-order valence-corrected chi connectivity index (χ3v) is 2.26. The topological polar surface area (TPSA) is 17.1 Å². The second kappa shape index (κ2) is 6.67. The normalized spacial score (nSPS) is 10.4. The molecule has 1 heteroatoms. The van der Waals surface area contributed by atoms with E-state index in [0.717, 1.165) is 5.56 Å². The van der Waals surface area contributed by atoms with Gasteiger partial charge in [0.15, 0.2) is 5.78 Å². The third kappa shape index (κ3) is 5.14. The maximum Gasteiger partial charge on any atom is 0.188 e. The monoisotopic (exact) mass is 226 g/mol. The summed E-state index contributed by atoms with van der Waals surface area (Å²) < 4.78 is 0. The number of hydrogen-bond acceptors (Lipinski definition) is 1. The zero-order valence-electron chi connectivity index (χ0n) is 10.6. The number of rotatable bonds is 4. The minimum atomic E-state index is 0.0193. The Morgan fingerprint density at radius 3 is 2.47 bits per heavy atom. The van der Waals surface area contributed by atoms with Crippen LogP contribution in [0, 0.1) is 5.92 Å². The molecule has 1 rings (SSSR count). The number of carbonyl (C=O) groups is 1. The molecule has 0 heterocycles. The molecule has 1 nitrogen and oxygen atoms in total. The van der Waals surface area contributed by atoms with Gasteiger partial charge in [-0.1, -0.05) is 50.3 Å². The van der Waals surface area contributed by atoms with E-state index in [0.29, 0.717) is 11.5 Å². The van der Waals surface area contributed by atoms with Gasteiger partial charge in [0.25, 0.3) is 0 Å². The van der Waals surface area contributed by atoms with Crippen molar-refractivity contribution in [3.8, 4) is 0 Å². The zero-order valence-corrected chi connectivity index (χ0v) is 10.6. The van der Waals surface area contributed by atoms with Gasteiger partial charge in [-0.05, 0) is 30.6 Å². The molecule has 0 atom stereocenters. The Morgan fingerprint density at radius 1 is 1.24 bits per heavy atom. The highest BCUT2D eigenvalue weighted by molar-refractivity contribution is 6.03. The van der Waals surface area contributed by atoms with Gasteiger partial charge < -0.3 is 0 Å². The van der Waals surface area contributed by atoms with Gasteiger partial charge in [0, 0.05) is 5.57 Å². The lowest BCUT2D eigenvalue weighted by atomic mass is 10.1. The van der Waals surface area contributed by atoms with Crippen LogP contribution in [-0.2, 0) is 4.79 Å². The summed E-state index contributed by atoms with van der Waals surface area (Å²) in [4.78, 5) is 11.7. The standard InChI is InChI=1S/C16H18O/c1-13(2)9-12-16(17)14(3)10-11-15-7-5-4-6-8-15/h4-9,11-13H,1-3H3/b12-9+. The smallest absolute Gasteiger partial charge is 0.188 e. The maximum atomic E-state index is 11.7. The zero-order chi connectivity index (χ0) is 12.7. The van der Waals surface area contributed by atoms with E-state index < -0.39 is 0 Å². The first-order valence-corrected chi connectivity index (χ1v) is 5.80. The molecule has 0 fully saturated rings. The predicted octanol–water partition coefficient (Wildman–Crippen LogP) is 4.03. The van der Waals surface area contributed by atoms with Crippen molar-refractivity contribution in [2.75, 3.05) is 0 Å². The third-order valence-electron chi connectivity index (χ3n) is 2.26. The van der Waals surface area contributed by atoms with Gasteiger partial charge in [-0.2, -0.15) is 0 Å². The number of hydrogen-bond donors (Lipinski definition) is 0. The number of benzene rings is 1. The fourth-order valence-electron chi connectivity index (χ4n) is 1.22. The van der Waals surface area contributed by atoms with E-state index in [9.17, 15) is 4.79 Å². The highest BCUT2D eigenvalue weighted by Crippen LogP contribution is 2.03. The van der Waals surface area contributed by atoms with Crippen molar-refractivity contribution < 1.29 is 4.79 Å². The Kier molecular flexibility index (Phi) is 5.19. The first-order chi connectivity index (χ1) is 8.09. The van der Waals surface area contributed by atoms with Crippen LogP contribution in [0.15, 0.2) is 53.8 Å². The van der Waals surface area contributed by atoms with Crippen molar-refractivity contribution in [2.24, 2.45) is 5.92 Å². The van der Waals surface area contributed by atoms with Crippen molar-refractivity contribution in [3.05, 3.63) is 59.4 Å². The molecular formula is C16H18O. The van der Waals surface area contributed by atoms with Crippen molar-refractivity contribution in [1.82, 2.24) is 0 Å². The fourth-order valence-corrected chi connectivity index (χ4v) is 1.22.